The monoisotopic (exact) mass is 521 g/mol. The Hall–Kier alpha value is -3.96. The zero-order valence-electron chi connectivity index (χ0n) is 19.5. The summed E-state index contributed by atoms with van der Waals surface area (Å²) in [7, 11) is 0. The first-order valence-corrected chi connectivity index (χ1v) is 11.5. The summed E-state index contributed by atoms with van der Waals surface area (Å²) in [5, 5.41) is 11.6. The van der Waals surface area contributed by atoms with Gasteiger partial charge in [-0.25, -0.2) is 18.8 Å². The largest absolute Gasteiger partial charge is 0.503 e. The fourth-order valence-corrected chi connectivity index (χ4v) is 4.47. The number of allylic oxidation sites excluding steroid dienone is 1. The van der Waals surface area contributed by atoms with Crippen molar-refractivity contribution in [3.63, 3.8) is 0 Å². The number of benzene rings is 1. The van der Waals surface area contributed by atoms with E-state index in [-0.39, 0.29) is 18.4 Å². The molecule has 2 aromatic heterocycles. The fraction of sp³-hybridized carbons (Fsp3) is 0.320. The molecule has 1 amide bonds. The van der Waals surface area contributed by atoms with Gasteiger partial charge in [-0.2, -0.15) is 13.2 Å². The number of phenols is 1. The van der Waals surface area contributed by atoms with Gasteiger partial charge < -0.3 is 20.6 Å². The van der Waals surface area contributed by atoms with Gasteiger partial charge in [0.05, 0.1) is 11.3 Å². The van der Waals surface area contributed by atoms with Crippen LogP contribution in [0.15, 0.2) is 41.8 Å². The number of nitrogens with one attached hydrogen (secondary N) is 1. The van der Waals surface area contributed by atoms with E-state index in [0.717, 1.165) is 37.6 Å². The molecule has 0 saturated heterocycles. The number of carbonyl (C=O) groups excluding carboxylic acids is 1. The van der Waals surface area contributed by atoms with Crippen molar-refractivity contribution in [1.82, 2.24) is 14.7 Å². The number of carbonyl (C=O) groups is 1. The van der Waals surface area contributed by atoms with Crippen molar-refractivity contribution in [2.75, 3.05) is 6.54 Å². The quantitative estimate of drug-likeness (QED) is 0.181. The molecule has 1 aliphatic carbocycles. The molecule has 0 bridgehead atoms. The first-order chi connectivity index (χ1) is 17.7. The van der Waals surface area contributed by atoms with Crippen LogP contribution in [0.3, 0.4) is 0 Å². The topological polar surface area (TPSA) is 105 Å². The Kier molecular flexibility index (Phi) is 7.74. The average molecular weight is 521 g/mol. The summed E-state index contributed by atoms with van der Waals surface area (Å²) in [6, 6.07) is 3.94. The number of pyridine rings is 1. The molecule has 12 heteroatoms. The highest BCUT2D eigenvalue weighted by Crippen LogP contribution is 2.35. The number of hydrogen-bond donors (Lipinski definition) is 3. The molecule has 0 radical (unpaired) electrons. The lowest BCUT2D eigenvalue weighted by Gasteiger charge is -2.27. The van der Waals surface area contributed by atoms with E-state index in [2.05, 4.69) is 15.3 Å². The molecule has 3 aromatic rings. The maximum Gasteiger partial charge on any atom is 0.331 e. The molecule has 4 rings (SSSR count). The molecule has 1 saturated carbocycles. The smallest absolute Gasteiger partial charge is 0.331 e. The van der Waals surface area contributed by atoms with E-state index in [4.69, 9.17) is 10.8 Å². The van der Waals surface area contributed by atoms with Gasteiger partial charge in [-0.1, -0.05) is 0 Å². The number of halogens is 5. The van der Waals surface area contributed by atoms with Gasteiger partial charge in [0.15, 0.2) is 17.4 Å². The van der Waals surface area contributed by atoms with E-state index < -0.39 is 41.2 Å². The third-order valence-corrected chi connectivity index (χ3v) is 6.50. The lowest BCUT2D eigenvalue weighted by atomic mass is 9.80. The second-order valence-corrected chi connectivity index (χ2v) is 8.84. The highest BCUT2D eigenvalue weighted by Gasteiger charge is 2.26. The maximum absolute atomic E-state index is 13.9. The Morgan fingerprint density at radius 1 is 1.19 bits per heavy atom. The van der Waals surface area contributed by atoms with Crippen LogP contribution in [0.1, 0.15) is 53.2 Å². The van der Waals surface area contributed by atoms with E-state index in [1.54, 1.807) is 22.7 Å². The summed E-state index contributed by atoms with van der Waals surface area (Å²) in [4.78, 5) is 20.0. The highest BCUT2D eigenvalue weighted by atomic mass is 19.3. The van der Waals surface area contributed by atoms with Gasteiger partial charge in [0.2, 0.25) is 5.82 Å². The third kappa shape index (κ3) is 5.73. The molecule has 0 aliphatic heterocycles. The van der Waals surface area contributed by atoms with Crippen LogP contribution in [0, 0.1) is 23.4 Å². The van der Waals surface area contributed by atoms with E-state index in [9.17, 15) is 26.7 Å². The van der Waals surface area contributed by atoms with Crippen LogP contribution in [0.25, 0.3) is 11.2 Å². The number of aliphatic imine (C=N–C) groups is 1. The maximum atomic E-state index is 13.9. The van der Waals surface area contributed by atoms with Crippen molar-refractivity contribution in [3.8, 4) is 5.75 Å². The van der Waals surface area contributed by atoms with Crippen molar-refractivity contribution >= 4 is 23.3 Å². The number of hydrogen-bond acceptors (Lipinski definition) is 5. The van der Waals surface area contributed by atoms with Crippen LogP contribution in [-0.2, 0) is 0 Å². The Labute approximate surface area is 208 Å². The predicted octanol–water partition coefficient (Wildman–Crippen LogP) is 4.75. The standard InChI is InChI=1S/C25H24F5N5O2/c26-18-7-17(21(27)22(28)23(18)36)24(37)32-9-13-1-3-14(4-2-13)19-12-35-11-15(5-6-20(35)34-19)16(8-31)10-33-25(29)30/h5-8,10-14,25,36H,1-4,9,31H2,(H,32,37). The molecule has 4 N–H and O–H groups in total. The van der Waals surface area contributed by atoms with Crippen LogP contribution in [0.2, 0.25) is 0 Å². The summed E-state index contributed by atoms with van der Waals surface area (Å²) >= 11 is 0. The van der Waals surface area contributed by atoms with Gasteiger partial charge in [0.1, 0.15) is 5.65 Å². The molecular weight excluding hydrogens is 497 g/mol. The van der Waals surface area contributed by atoms with Gasteiger partial charge in [-0.15, -0.1) is 0 Å². The van der Waals surface area contributed by atoms with Gasteiger partial charge in [-0.05, 0) is 49.8 Å². The first kappa shape index (κ1) is 26.1. The summed E-state index contributed by atoms with van der Waals surface area (Å²) in [5.41, 5.74) is 7.26. The van der Waals surface area contributed by atoms with Crippen molar-refractivity contribution in [2.24, 2.45) is 16.6 Å². The van der Waals surface area contributed by atoms with Crippen molar-refractivity contribution in [3.05, 3.63) is 71.1 Å². The number of fused-ring (bicyclic) bond motifs is 1. The SMILES string of the molecule is NC=C(C=NC(F)F)c1ccc2nc(C3CCC(CNC(=O)c4cc(F)c(O)c(F)c4F)CC3)cn2c1. The number of nitrogens with two attached hydrogens (primary N) is 1. The number of amides is 1. The second kappa shape index (κ2) is 11.0. The minimum absolute atomic E-state index is 0.0880. The summed E-state index contributed by atoms with van der Waals surface area (Å²) in [6.45, 7) is -2.63. The molecule has 196 valence electrons. The van der Waals surface area contributed by atoms with Crippen LogP contribution in [0.5, 0.6) is 5.75 Å². The molecular formula is C25H24F5N5O2. The van der Waals surface area contributed by atoms with E-state index in [1.165, 1.54) is 6.20 Å². The van der Waals surface area contributed by atoms with Crippen LogP contribution >= 0.6 is 0 Å². The number of nitrogens with zero attached hydrogens (tertiary/aromatic N) is 3. The van der Waals surface area contributed by atoms with Crippen molar-refractivity contribution in [2.45, 2.75) is 38.2 Å². The van der Waals surface area contributed by atoms with Gasteiger partial charge >= 0.3 is 6.55 Å². The summed E-state index contributed by atoms with van der Waals surface area (Å²) in [6.07, 6.45) is 8.88. The molecule has 1 aromatic carbocycles. The zero-order chi connectivity index (χ0) is 26.7. The second-order valence-electron chi connectivity index (χ2n) is 8.84. The molecule has 0 spiro atoms. The van der Waals surface area contributed by atoms with Crippen LogP contribution in [0.4, 0.5) is 22.0 Å². The molecule has 7 nitrogen and oxygen atoms in total. The van der Waals surface area contributed by atoms with E-state index >= 15 is 0 Å². The lowest BCUT2D eigenvalue weighted by molar-refractivity contribution is 0.0936. The van der Waals surface area contributed by atoms with Crippen LogP contribution in [-0.4, -0.2) is 39.7 Å². The van der Waals surface area contributed by atoms with Gasteiger partial charge in [0.25, 0.3) is 5.91 Å². The van der Waals surface area contributed by atoms with Crippen molar-refractivity contribution in [1.29, 1.82) is 0 Å². The Balaban J connectivity index is 1.36. The Morgan fingerprint density at radius 2 is 1.92 bits per heavy atom. The summed E-state index contributed by atoms with van der Waals surface area (Å²) < 4.78 is 67.6. The van der Waals surface area contributed by atoms with Crippen molar-refractivity contribution < 1.29 is 31.9 Å². The minimum Gasteiger partial charge on any atom is -0.503 e. The number of aromatic nitrogens is 2. The fourth-order valence-electron chi connectivity index (χ4n) is 4.47. The van der Waals surface area contributed by atoms with E-state index in [1.807, 2.05) is 6.20 Å². The van der Waals surface area contributed by atoms with Gasteiger partial charge in [0, 0.05) is 48.4 Å². The lowest BCUT2D eigenvalue weighted by Crippen LogP contribution is -2.32. The van der Waals surface area contributed by atoms with E-state index in [0.29, 0.717) is 22.9 Å². The number of imidazole rings is 1. The minimum atomic E-state index is -2.83. The number of alkyl halides is 2. The number of aromatic hydroxyl groups is 1. The molecule has 1 aliphatic rings. The number of phenolic OH excluding ortho intramolecular Hbond substituents is 1. The highest BCUT2D eigenvalue weighted by molar-refractivity contribution is 6.09. The third-order valence-electron chi connectivity index (χ3n) is 6.50. The predicted molar refractivity (Wildman–Crippen MR) is 127 cm³/mol. The summed E-state index contributed by atoms with van der Waals surface area (Å²) in [5.74, 6) is -7.00. The molecule has 2 heterocycles. The molecule has 0 atom stereocenters. The zero-order valence-corrected chi connectivity index (χ0v) is 19.5. The number of rotatable bonds is 7. The molecule has 37 heavy (non-hydrogen) atoms. The first-order valence-electron chi connectivity index (χ1n) is 11.5. The Morgan fingerprint density at radius 3 is 2.59 bits per heavy atom. The Bertz CT molecular complexity index is 1360. The van der Waals surface area contributed by atoms with Gasteiger partial charge in [-0.3, -0.25) is 4.79 Å². The average Bonchev–Trinajstić information content (AvgIpc) is 3.32. The van der Waals surface area contributed by atoms with Crippen LogP contribution < -0.4 is 11.1 Å². The normalized spacial score (nSPS) is 18.7. The molecule has 0 unspecified atom stereocenters. The molecule has 1 fully saturated rings.